The van der Waals surface area contributed by atoms with Crippen LogP contribution in [0.5, 0.6) is 0 Å². The molecule has 1 aromatic rings. The van der Waals surface area contributed by atoms with Crippen LogP contribution in [-0.4, -0.2) is 17.4 Å². The maximum atomic E-state index is 11.5. The van der Waals surface area contributed by atoms with Crippen molar-refractivity contribution in [1.29, 1.82) is 0 Å². The van der Waals surface area contributed by atoms with E-state index in [0.29, 0.717) is 6.54 Å². The molecule has 0 saturated carbocycles. The van der Waals surface area contributed by atoms with Gasteiger partial charge in [0.2, 0.25) is 5.91 Å². The summed E-state index contributed by atoms with van der Waals surface area (Å²) in [5.74, 6) is -0.163. The molecule has 0 aliphatic heterocycles. The fraction of sp³-hybridized carbons (Fsp3) is 0.455. The third-order valence-corrected chi connectivity index (χ3v) is 2.46. The number of carbonyl (C=O) groups excluding carboxylic acids is 1. The minimum absolute atomic E-state index is 0.163. The van der Waals surface area contributed by atoms with Gasteiger partial charge in [0, 0.05) is 18.4 Å². The Morgan fingerprint density at radius 1 is 1.60 bits per heavy atom. The first kappa shape index (κ1) is 12.0. The minimum atomic E-state index is -0.648. The Morgan fingerprint density at radius 2 is 2.33 bits per heavy atom. The van der Waals surface area contributed by atoms with E-state index in [1.807, 2.05) is 26.0 Å². The van der Waals surface area contributed by atoms with E-state index in [2.05, 4.69) is 10.3 Å². The van der Waals surface area contributed by atoms with Crippen molar-refractivity contribution in [2.75, 3.05) is 6.54 Å². The van der Waals surface area contributed by atoms with Gasteiger partial charge in [0.1, 0.15) is 5.38 Å². The highest BCUT2D eigenvalue weighted by Crippen LogP contribution is 2.19. The second kappa shape index (κ2) is 5.71. The molecule has 0 spiro atoms. The smallest absolute Gasteiger partial charge is 0.242 e. The van der Waals surface area contributed by atoms with Gasteiger partial charge in [-0.15, -0.1) is 11.6 Å². The van der Waals surface area contributed by atoms with E-state index in [1.54, 1.807) is 6.20 Å². The van der Waals surface area contributed by atoms with Gasteiger partial charge in [-0.3, -0.25) is 9.78 Å². The van der Waals surface area contributed by atoms with Gasteiger partial charge in [-0.2, -0.15) is 0 Å². The lowest BCUT2D eigenvalue weighted by atomic mass is 10.2. The van der Waals surface area contributed by atoms with Gasteiger partial charge in [0.15, 0.2) is 0 Å². The highest BCUT2D eigenvalue weighted by atomic mass is 35.5. The number of halogens is 1. The molecule has 0 fully saturated rings. The molecular weight excluding hydrogens is 212 g/mol. The van der Waals surface area contributed by atoms with Crippen molar-refractivity contribution in [2.45, 2.75) is 25.6 Å². The zero-order chi connectivity index (χ0) is 11.3. The number of aryl methyl sites for hydroxylation is 1. The van der Waals surface area contributed by atoms with Crippen LogP contribution in [0.4, 0.5) is 0 Å². The molecule has 1 amide bonds. The molecule has 1 atom stereocenters. The predicted octanol–water partition coefficient (Wildman–Crippen LogP) is 2.20. The first-order valence-corrected chi connectivity index (χ1v) is 5.43. The monoisotopic (exact) mass is 226 g/mol. The summed E-state index contributed by atoms with van der Waals surface area (Å²) in [5, 5.41) is 2.10. The number of carbonyl (C=O) groups is 1. The Kier molecular flexibility index (Phi) is 4.56. The van der Waals surface area contributed by atoms with E-state index in [1.165, 1.54) is 0 Å². The second-order valence-corrected chi connectivity index (χ2v) is 3.82. The molecule has 1 heterocycles. The lowest BCUT2D eigenvalue weighted by Crippen LogP contribution is -2.27. The van der Waals surface area contributed by atoms with Crippen molar-refractivity contribution in [3.63, 3.8) is 0 Å². The third-order valence-electron chi connectivity index (χ3n) is 2.01. The van der Waals surface area contributed by atoms with Crippen molar-refractivity contribution in [2.24, 2.45) is 0 Å². The Morgan fingerprint density at radius 3 is 2.87 bits per heavy atom. The number of nitrogens with one attached hydrogen (secondary N) is 1. The van der Waals surface area contributed by atoms with Crippen LogP contribution in [0.15, 0.2) is 18.3 Å². The molecule has 4 heteroatoms. The number of amides is 1. The molecular formula is C11H15ClN2O. The predicted molar refractivity (Wildman–Crippen MR) is 60.9 cm³/mol. The van der Waals surface area contributed by atoms with Gasteiger partial charge in [-0.25, -0.2) is 0 Å². The third kappa shape index (κ3) is 3.51. The highest BCUT2D eigenvalue weighted by molar-refractivity contribution is 6.30. The molecule has 0 saturated heterocycles. The summed E-state index contributed by atoms with van der Waals surface area (Å²) in [7, 11) is 0. The summed E-state index contributed by atoms with van der Waals surface area (Å²) in [6.07, 6.45) is 2.54. The van der Waals surface area contributed by atoms with Crippen molar-refractivity contribution in [1.82, 2.24) is 10.3 Å². The summed E-state index contributed by atoms with van der Waals surface area (Å²) in [5.41, 5.74) is 1.65. The fourth-order valence-corrected chi connectivity index (χ4v) is 1.32. The number of nitrogens with zero attached hydrogens (tertiary/aromatic N) is 1. The van der Waals surface area contributed by atoms with Crippen molar-refractivity contribution >= 4 is 17.5 Å². The Balaban J connectivity index is 2.63. The molecule has 0 bridgehead atoms. The molecule has 0 aliphatic rings. The van der Waals surface area contributed by atoms with Crippen LogP contribution in [0.1, 0.15) is 30.0 Å². The van der Waals surface area contributed by atoms with E-state index in [0.717, 1.165) is 17.7 Å². The number of rotatable bonds is 4. The normalized spacial score (nSPS) is 12.2. The number of alkyl halides is 1. The van der Waals surface area contributed by atoms with Crippen LogP contribution in [0.2, 0.25) is 0 Å². The molecule has 3 nitrogen and oxygen atoms in total. The van der Waals surface area contributed by atoms with E-state index in [-0.39, 0.29) is 5.91 Å². The van der Waals surface area contributed by atoms with E-state index in [4.69, 9.17) is 11.6 Å². The summed E-state index contributed by atoms with van der Waals surface area (Å²) >= 11 is 5.99. The quantitative estimate of drug-likeness (QED) is 0.800. The number of pyridine rings is 1. The number of aromatic nitrogens is 1. The van der Waals surface area contributed by atoms with E-state index < -0.39 is 5.38 Å². The standard InChI is InChI=1S/C11H15ClN2O/c1-3-6-13-11(15)10(12)9-5-4-8(2)14-7-9/h4-5,7,10H,3,6H2,1-2H3,(H,13,15). The van der Waals surface area contributed by atoms with E-state index >= 15 is 0 Å². The summed E-state index contributed by atoms with van der Waals surface area (Å²) in [6, 6.07) is 3.67. The van der Waals surface area contributed by atoms with Crippen LogP contribution >= 0.6 is 11.6 Å². The zero-order valence-corrected chi connectivity index (χ0v) is 9.71. The van der Waals surface area contributed by atoms with Crippen LogP contribution < -0.4 is 5.32 Å². The highest BCUT2D eigenvalue weighted by Gasteiger charge is 2.16. The first-order chi connectivity index (χ1) is 7.15. The van der Waals surface area contributed by atoms with Gasteiger partial charge >= 0.3 is 0 Å². The zero-order valence-electron chi connectivity index (χ0n) is 8.96. The second-order valence-electron chi connectivity index (χ2n) is 3.39. The molecule has 1 N–H and O–H groups in total. The van der Waals surface area contributed by atoms with Gasteiger partial charge in [-0.05, 0) is 25.0 Å². The van der Waals surface area contributed by atoms with Crippen molar-refractivity contribution in [3.8, 4) is 0 Å². The van der Waals surface area contributed by atoms with Gasteiger partial charge in [0.05, 0.1) is 0 Å². The Hall–Kier alpha value is -1.09. The van der Waals surface area contributed by atoms with Gasteiger partial charge in [0.25, 0.3) is 0 Å². The van der Waals surface area contributed by atoms with Crippen LogP contribution in [0.25, 0.3) is 0 Å². The van der Waals surface area contributed by atoms with Crippen molar-refractivity contribution in [3.05, 3.63) is 29.6 Å². The lowest BCUT2D eigenvalue weighted by molar-refractivity contribution is -0.120. The van der Waals surface area contributed by atoms with Gasteiger partial charge < -0.3 is 5.32 Å². The topological polar surface area (TPSA) is 42.0 Å². The summed E-state index contributed by atoms with van der Waals surface area (Å²) in [4.78, 5) is 15.6. The fourth-order valence-electron chi connectivity index (χ4n) is 1.12. The average molecular weight is 227 g/mol. The maximum Gasteiger partial charge on any atom is 0.242 e. The van der Waals surface area contributed by atoms with Crippen LogP contribution in [-0.2, 0) is 4.79 Å². The first-order valence-electron chi connectivity index (χ1n) is 4.99. The molecule has 1 aromatic heterocycles. The van der Waals surface area contributed by atoms with Crippen LogP contribution in [0.3, 0.4) is 0 Å². The average Bonchev–Trinajstić information content (AvgIpc) is 2.26. The molecule has 1 unspecified atom stereocenters. The maximum absolute atomic E-state index is 11.5. The van der Waals surface area contributed by atoms with Crippen molar-refractivity contribution < 1.29 is 4.79 Å². The number of hydrogen-bond donors (Lipinski definition) is 1. The van der Waals surface area contributed by atoms with Gasteiger partial charge in [-0.1, -0.05) is 13.0 Å². The minimum Gasteiger partial charge on any atom is -0.355 e. The molecule has 0 radical (unpaired) electrons. The number of hydrogen-bond acceptors (Lipinski definition) is 2. The lowest BCUT2D eigenvalue weighted by Gasteiger charge is -2.09. The van der Waals surface area contributed by atoms with E-state index in [9.17, 15) is 4.79 Å². The summed E-state index contributed by atoms with van der Waals surface area (Å²) < 4.78 is 0. The largest absolute Gasteiger partial charge is 0.355 e. The molecule has 0 aromatic carbocycles. The molecule has 82 valence electrons. The van der Waals surface area contributed by atoms with Crippen LogP contribution in [0, 0.1) is 6.92 Å². The Bertz CT molecular complexity index is 324. The summed E-state index contributed by atoms with van der Waals surface area (Å²) in [6.45, 7) is 4.54. The molecule has 15 heavy (non-hydrogen) atoms. The SMILES string of the molecule is CCCNC(=O)C(Cl)c1ccc(C)nc1. The molecule has 1 rings (SSSR count). The molecule has 0 aliphatic carbocycles. The Labute approximate surface area is 94.9 Å².